The predicted molar refractivity (Wildman–Crippen MR) is 60.3 cm³/mol. The van der Waals surface area contributed by atoms with Gasteiger partial charge in [-0.1, -0.05) is 26.2 Å². The second kappa shape index (κ2) is 5.13. The van der Waals surface area contributed by atoms with Crippen molar-refractivity contribution in [2.45, 2.75) is 64.5 Å². The Morgan fingerprint density at radius 2 is 1.86 bits per heavy atom. The van der Waals surface area contributed by atoms with Gasteiger partial charge in [-0.25, -0.2) is 0 Å². The summed E-state index contributed by atoms with van der Waals surface area (Å²) in [4.78, 5) is 0. The van der Waals surface area contributed by atoms with Crippen molar-refractivity contribution >= 4 is 0 Å². The minimum Gasteiger partial charge on any atom is -0.389 e. The SMILES string of the molecule is CC1CCCCCC1NCC(C)(C)O. The average Bonchev–Trinajstić information content (AvgIpc) is 2.25. The Bertz CT molecular complexity index is 162. The summed E-state index contributed by atoms with van der Waals surface area (Å²) in [6.45, 7) is 6.76. The van der Waals surface area contributed by atoms with Crippen molar-refractivity contribution in [3.05, 3.63) is 0 Å². The van der Waals surface area contributed by atoms with Crippen LogP contribution in [0, 0.1) is 5.92 Å². The van der Waals surface area contributed by atoms with E-state index in [0.29, 0.717) is 12.6 Å². The first-order valence-electron chi connectivity index (χ1n) is 5.95. The third kappa shape index (κ3) is 4.43. The van der Waals surface area contributed by atoms with Crippen LogP contribution in [0.5, 0.6) is 0 Å². The number of hydrogen-bond acceptors (Lipinski definition) is 2. The molecule has 1 rings (SSSR count). The molecule has 0 saturated heterocycles. The Labute approximate surface area is 88.1 Å². The largest absolute Gasteiger partial charge is 0.389 e. The third-order valence-electron chi connectivity index (χ3n) is 3.16. The van der Waals surface area contributed by atoms with Gasteiger partial charge in [0.2, 0.25) is 0 Å². The van der Waals surface area contributed by atoms with Crippen LogP contribution in [0.4, 0.5) is 0 Å². The number of hydrogen-bond donors (Lipinski definition) is 2. The minimum absolute atomic E-state index is 0.577. The molecule has 2 heteroatoms. The van der Waals surface area contributed by atoms with Crippen molar-refractivity contribution in [3.63, 3.8) is 0 Å². The maximum absolute atomic E-state index is 9.64. The van der Waals surface area contributed by atoms with Crippen LogP contribution in [0.2, 0.25) is 0 Å². The van der Waals surface area contributed by atoms with E-state index in [1.54, 1.807) is 0 Å². The molecule has 0 aromatic carbocycles. The van der Waals surface area contributed by atoms with E-state index in [2.05, 4.69) is 12.2 Å². The first-order chi connectivity index (χ1) is 6.49. The molecule has 0 aromatic heterocycles. The molecule has 84 valence electrons. The molecular weight excluding hydrogens is 174 g/mol. The fourth-order valence-electron chi connectivity index (χ4n) is 2.18. The summed E-state index contributed by atoms with van der Waals surface area (Å²) in [7, 11) is 0. The molecule has 2 atom stereocenters. The molecule has 0 bridgehead atoms. The summed E-state index contributed by atoms with van der Waals surface area (Å²) in [6.07, 6.45) is 6.71. The number of rotatable bonds is 3. The van der Waals surface area contributed by atoms with E-state index < -0.39 is 5.60 Å². The van der Waals surface area contributed by atoms with E-state index in [1.165, 1.54) is 32.1 Å². The third-order valence-corrected chi connectivity index (χ3v) is 3.16. The smallest absolute Gasteiger partial charge is 0.0715 e. The van der Waals surface area contributed by atoms with Gasteiger partial charge in [-0.15, -0.1) is 0 Å². The second-order valence-corrected chi connectivity index (χ2v) is 5.42. The summed E-state index contributed by atoms with van der Waals surface area (Å²) in [5.74, 6) is 0.764. The van der Waals surface area contributed by atoms with Gasteiger partial charge in [-0.2, -0.15) is 0 Å². The Morgan fingerprint density at radius 3 is 2.50 bits per heavy atom. The molecule has 1 aliphatic carbocycles. The van der Waals surface area contributed by atoms with Crippen molar-refractivity contribution < 1.29 is 5.11 Å². The molecule has 14 heavy (non-hydrogen) atoms. The highest BCUT2D eigenvalue weighted by Crippen LogP contribution is 2.23. The minimum atomic E-state index is -0.577. The van der Waals surface area contributed by atoms with E-state index in [0.717, 1.165) is 5.92 Å². The molecule has 1 saturated carbocycles. The van der Waals surface area contributed by atoms with Crippen LogP contribution in [0.3, 0.4) is 0 Å². The summed E-state index contributed by atoms with van der Waals surface area (Å²) >= 11 is 0. The zero-order chi connectivity index (χ0) is 10.6. The van der Waals surface area contributed by atoms with Crippen LogP contribution in [0.1, 0.15) is 52.9 Å². The van der Waals surface area contributed by atoms with E-state index in [9.17, 15) is 5.11 Å². The van der Waals surface area contributed by atoms with Gasteiger partial charge in [0, 0.05) is 12.6 Å². The quantitative estimate of drug-likeness (QED) is 0.684. The van der Waals surface area contributed by atoms with Crippen LogP contribution in [0.15, 0.2) is 0 Å². The van der Waals surface area contributed by atoms with Crippen molar-refractivity contribution in [2.75, 3.05) is 6.54 Å². The van der Waals surface area contributed by atoms with E-state index in [1.807, 2.05) is 13.8 Å². The molecule has 1 aliphatic rings. The fraction of sp³-hybridized carbons (Fsp3) is 1.00. The van der Waals surface area contributed by atoms with E-state index >= 15 is 0 Å². The van der Waals surface area contributed by atoms with Crippen LogP contribution < -0.4 is 5.32 Å². The second-order valence-electron chi connectivity index (χ2n) is 5.42. The zero-order valence-electron chi connectivity index (χ0n) is 9.84. The molecule has 2 nitrogen and oxygen atoms in total. The Hall–Kier alpha value is -0.0800. The number of nitrogens with one attached hydrogen (secondary N) is 1. The molecule has 0 aliphatic heterocycles. The lowest BCUT2D eigenvalue weighted by Gasteiger charge is -2.27. The maximum Gasteiger partial charge on any atom is 0.0715 e. The first kappa shape index (κ1) is 12.0. The van der Waals surface area contributed by atoms with Crippen LogP contribution in [-0.2, 0) is 0 Å². The Morgan fingerprint density at radius 1 is 1.21 bits per heavy atom. The van der Waals surface area contributed by atoms with Gasteiger partial charge < -0.3 is 10.4 Å². The van der Waals surface area contributed by atoms with Gasteiger partial charge in [0.25, 0.3) is 0 Å². The molecule has 0 aromatic rings. The van der Waals surface area contributed by atoms with Crippen molar-refractivity contribution in [2.24, 2.45) is 5.92 Å². The van der Waals surface area contributed by atoms with E-state index in [-0.39, 0.29) is 0 Å². The first-order valence-corrected chi connectivity index (χ1v) is 5.95. The topological polar surface area (TPSA) is 32.3 Å². The fourth-order valence-corrected chi connectivity index (χ4v) is 2.18. The zero-order valence-corrected chi connectivity index (χ0v) is 9.84. The Balaban J connectivity index is 2.33. The van der Waals surface area contributed by atoms with Crippen LogP contribution >= 0.6 is 0 Å². The van der Waals surface area contributed by atoms with Crippen LogP contribution in [-0.4, -0.2) is 23.3 Å². The molecule has 0 radical (unpaired) electrons. The average molecular weight is 199 g/mol. The van der Waals surface area contributed by atoms with Gasteiger partial charge >= 0.3 is 0 Å². The van der Waals surface area contributed by atoms with E-state index in [4.69, 9.17) is 0 Å². The molecule has 2 N–H and O–H groups in total. The number of aliphatic hydroxyl groups is 1. The van der Waals surface area contributed by atoms with Crippen molar-refractivity contribution in [3.8, 4) is 0 Å². The highest BCUT2D eigenvalue weighted by molar-refractivity contribution is 4.79. The summed E-state index contributed by atoms with van der Waals surface area (Å²) in [5, 5.41) is 13.1. The maximum atomic E-state index is 9.64. The lowest BCUT2D eigenvalue weighted by atomic mass is 9.96. The van der Waals surface area contributed by atoms with Gasteiger partial charge in [0.05, 0.1) is 5.60 Å². The highest BCUT2D eigenvalue weighted by Gasteiger charge is 2.21. The van der Waals surface area contributed by atoms with Crippen molar-refractivity contribution in [1.82, 2.24) is 5.32 Å². The molecular formula is C12H25NO. The van der Waals surface area contributed by atoms with Crippen molar-refractivity contribution in [1.29, 1.82) is 0 Å². The van der Waals surface area contributed by atoms with Gasteiger partial charge in [0.1, 0.15) is 0 Å². The summed E-state index contributed by atoms with van der Waals surface area (Å²) in [6, 6.07) is 0.615. The predicted octanol–water partition coefficient (Wildman–Crippen LogP) is 2.32. The standard InChI is InChI=1S/C12H25NO/c1-10-7-5-4-6-8-11(10)13-9-12(2,3)14/h10-11,13-14H,4-9H2,1-3H3. The van der Waals surface area contributed by atoms with Gasteiger partial charge in [0.15, 0.2) is 0 Å². The molecule has 1 fully saturated rings. The molecule has 0 amide bonds. The summed E-state index contributed by atoms with van der Waals surface area (Å²) in [5.41, 5.74) is -0.577. The van der Waals surface area contributed by atoms with Crippen LogP contribution in [0.25, 0.3) is 0 Å². The molecule has 0 heterocycles. The van der Waals surface area contributed by atoms with Gasteiger partial charge in [-0.3, -0.25) is 0 Å². The van der Waals surface area contributed by atoms with Gasteiger partial charge in [-0.05, 0) is 32.6 Å². The molecule has 2 unspecified atom stereocenters. The lowest BCUT2D eigenvalue weighted by Crippen LogP contribution is -2.43. The Kier molecular flexibility index (Phi) is 4.39. The lowest BCUT2D eigenvalue weighted by molar-refractivity contribution is 0.0734. The molecule has 0 spiro atoms. The summed E-state index contributed by atoms with van der Waals surface area (Å²) < 4.78 is 0. The highest BCUT2D eigenvalue weighted by atomic mass is 16.3. The normalized spacial score (nSPS) is 30.0. The monoisotopic (exact) mass is 199 g/mol.